The predicted molar refractivity (Wildman–Crippen MR) is 107 cm³/mol. The average Bonchev–Trinajstić information content (AvgIpc) is 3.20. The van der Waals surface area contributed by atoms with E-state index in [0.29, 0.717) is 19.4 Å². The summed E-state index contributed by atoms with van der Waals surface area (Å²) in [5.74, 6) is 1.00. The maximum Gasteiger partial charge on any atom is 0.409 e. The number of hydrogen-bond acceptors (Lipinski definition) is 8. The summed E-state index contributed by atoms with van der Waals surface area (Å²) < 4.78 is 37.2. The van der Waals surface area contributed by atoms with E-state index in [1.54, 1.807) is 16.2 Å². The molecule has 3 heterocycles. The lowest BCUT2D eigenvalue weighted by Gasteiger charge is -2.41. The molecule has 2 atom stereocenters. The quantitative estimate of drug-likeness (QED) is 0.722. The highest BCUT2D eigenvalue weighted by molar-refractivity contribution is 7.88. The minimum Gasteiger partial charge on any atom is -0.453 e. The Morgan fingerprint density at radius 3 is 2.68 bits per heavy atom. The van der Waals surface area contributed by atoms with Crippen LogP contribution < -0.4 is 9.62 Å². The van der Waals surface area contributed by atoms with E-state index >= 15 is 0 Å². The van der Waals surface area contributed by atoms with Crippen molar-refractivity contribution in [1.29, 1.82) is 0 Å². The Hall–Kier alpha value is -1.43. The molecule has 0 unspecified atom stereocenters. The van der Waals surface area contributed by atoms with E-state index in [4.69, 9.17) is 9.47 Å². The van der Waals surface area contributed by atoms with Gasteiger partial charge in [0.25, 0.3) is 0 Å². The molecule has 0 aliphatic carbocycles. The summed E-state index contributed by atoms with van der Waals surface area (Å²) in [7, 11) is -2.05. The van der Waals surface area contributed by atoms with Gasteiger partial charge in [-0.05, 0) is 25.7 Å². The molecule has 0 spiro atoms. The number of carbonyl (C=O) groups is 1. The molecule has 2 aliphatic rings. The number of thiazole rings is 1. The molecule has 2 fully saturated rings. The van der Waals surface area contributed by atoms with Crippen molar-refractivity contribution < 1.29 is 22.7 Å². The number of nitrogens with zero attached hydrogens (tertiary/aromatic N) is 3. The standard InChI is InChI=1S/C17H28N4O5S2/c1-25-17(22)21-7-3-4-14(19-28(2,23)24)15(21)10-26-13-5-8-20(9-6-13)16-11-27-12-18-16/h11-15,19H,3-10H2,1-2H3/t14-,15-/m0/s1. The van der Waals surface area contributed by atoms with E-state index in [9.17, 15) is 13.2 Å². The molecule has 2 saturated heterocycles. The highest BCUT2D eigenvalue weighted by atomic mass is 32.2. The number of sulfonamides is 1. The minimum atomic E-state index is -3.39. The maximum atomic E-state index is 12.2. The van der Waals surface area contributed by atoms with Crippen molar-refractivity contribution in [2.24, 2.45) is 0 Å². The van der Waals surface area contributed by atoms with Gasteiger partial charge in [0, 0.05) is 31.1 Å². The van der Waals surface area contributed by atoms with E-state index in [2.05, 4.69) is 14.6 Å². The summed E-state index contributed by atoms with van der Waals surface area (Å²) in [6, 6.07) is -0.759. The fourth-order valence-electron chi connectivity index (χ4n) is 3.87. The Bertz CT molecular complexity index is 735. The monoisotopic (exact) mass is 432 g/mol. The van der Waals surface area contributed by atoms with Gasteiger partial charge in [-0.25, -0.2) is 22.9 Å². The molecule has 28 heavy (non-hydrogen) atoms. The lowest BCUT2D eigenvalue weighted by Crippen LogP contribution is -2.59. The van der Waals surface area contributed by atoms with Crippen molar-refractivity contribution in [3.63, 3.8) is 0 Å². The highest BCUT2D eigenvalue weighted by Gasteiger charge is 2.37. The summed E-state index contributed by atoms with van der Waals surface area (Å²) in [4.78, 5) is 20.3. The lowest BCUT2D eigenvalue weighted by molar-refractivity contribution is -0.0181. The smallest absolute Gasteiger partial charge is 0.409 e. The predicted octanol–water partition coefficient (Wildman–Crippen LogP) is 1.28. The third kappa shape index (κ3) is 5.56. The van der Waals surface area contributed by atoms with E-state index in [1.165, 1.54) is 7.11 Å². The zero-order chi connectivity index (χ0) is 20.1. The van der Waals surface area contributed by atoms with Gasteiger partial charge in [0.1, 0.15) is 5.82 Å². The molecular formula is C17H28N4O5S2. The summed E-state index contributed by atoms with van der Waals surface area (Å²) >= 11 is 1.58. The number of ether oxygens (including phenoxy) is 2. The van der Waals surface area contributed by atoms with Gasteiger partial charge in [-0.3, -0.25) is 0 Å². The van der Waals surface area contributed by atoms with Gasteiger partial charge in [0.2, 0.25) is 10.0 Å². The Kier molecular flexibility index (Phi) is 7.13. The zero-order valence-corrected chi connectivity index (χ0v) is 17.9. The molecule has 0 aromatic carbocycles. The minimum absolute atomic E-state index is 0.0789. The molecule has 11 heteroatoms. The second kappa shape index (κ2) is 9.38. The molecule has 1 aromatic rings. The summed E-state index contributed by atoms with van der Waals surface area (Å²) in [5.41, 5.74) is 1.83. The SMILES string of the molecule is COC(=O)N1CCC[C@H](NS(C)(=O)=O)[C@@H]1COC1CCN(c2cscn2)CC1. The highest BCUT2D eigenvalue weighted by Crippen LogP contribution is 2.24. The first kappa shape index (κ1) is 21.3. The van der Waals surface area contributed by atoms with Gasteiger partial charge in [-0.2, -0.15) is 0 Å². The number of aromatic nitrogens is 1. The second-order valence-corrected chi connectivity index (χ2v) is 9.73. The molecule has 2 aliphatic heterocycles. The Labute approximate surface area is 170 Å². The first-order chi connectivity index (χ1) is 13.4. The number of rotatable bonds is 6. The van der Waals surface area contributed by atoms with Gasteiger partial charge in [-0.1, -0.05) is 0 Å². The van der Waals surface area contributed by atoms with Gasteiger partial charge >= 0.3 is 6.09 Å². The first-order valence-electron chi connectivity index (χ1n) is 9.44. The molecule has 0 saturated carbocycles. The fraction of sp³-hybridized carbons (Fsp3) is 0.765. The van der Waals surface area contributed by atoms with Crippen LogP contribution in [-0.2, 0) is 19.5 Å². The largest absolute Gasteiger partial charge is 0.453 e. The Morgan fingerprint density at radius 1 is 1.32 bits per heavy atom. The summed E-state index contributed by atoms with van der Waals surface area (Å²) in [6.07, 6.45) is 3.87. The number of piperidine rings is 2. The fourth-order valence-corrected chi connectivity index (χ4v) is 5.25. The number of carbonyl (C=O) groups excluding carboxylic acids is 1. The number of nitrogens with one attached hydrogen (secondary N) is 1. The first-order valence-corrected chi connectivity index (χ1v) is 12.3. The summed E-state index contributed by atoms with van der Waals surface area (Å²) in [6.45, 7) is 2.55. The van der Waals surface area contributed by atoms with E-state index in [-0.39, 0.29) is 24.8 Å². The van der Waals surface area contributed by atoms with Crippen LogP contribution in [-0.4, -0.2) is 82.2 Å². The number of methoxy groups -OCH3 is 1. The topological polar surface area (TPSA) is 101 Å². The zero-order valence-electron chi connectivity index (χ0n) is 16.2. The van der Waals surface area contributed by atoms with Crippen molar-refractivity contribution in [3.05, 3.63) is 10.9 Å². The lowest BCUT2D eigenvalue weighted by atomic mass is 9.97. The van der Waals surface area contributed by atoms with Crippen LogP contribution in [0.4, 0.5) is 10.6 Å². The normalized spacial score (nSPS) is 24.4. The van der Waals surface area contributed by atoms with Crippen LogP contribution in [0.2, 0.25) is 0 Å². The molecule has 0 radical (unpaired) electrons. The van der Waals surface area contributed by atoms with Crippen LogP contribution in [0.3, 0.4) is 0 Å². The van der Waals surface area contributed by atoms with Crippen molar-refractivity contribution in [2.45, 2.75) is 43.9 Å². The molecule has 158 valence electrons. The molecule has 0 bridgehead atoms. The maximum absolute atomic E-state index is 12.2. The molecule has 1 amide bonds. The molecule has 3 rings (SSSR count). The van der Waals surface area contributed by atoms with Crippen molar-refractivity contribution >= 4 is 33.3 Å². The molecular weight excluding hydrogens is 404 g/mol. The Balaban J connectivity index is 1.59. The molecule has 1 aromatic heterocycles. The number of likely N-dealkylation sites (tertiary alicyclic amines) is 1. The van der Waals surface area contributed by atoms with Crippen LogP contribution >= 0.6 is 11.3 Å². The number of anilines is 1. The van der Waals surface area contributed by atoms with Crippen LogP contribution in [0.25, 0.3) is 0 Å². The summed E-state index contributed by atoms with van der Waals surface area (Å²) in [5, 5.41) is 2.04. The van der Waals surface area contributed by atoms with Gasteiger partial charge in [0.15, 0.2) is 0 Å². The van der Waals surface area contributed by atoms with Crippen LogP contribution in [0.1, 0.15) is 25.7 Å². The number of amides is 1. The average molecular weight is 433 g/mol. The van der Waals surface area contributed by atoms with Gasteiger partial charge in [0.05, 0.1) is 37.6 Å². The van der Waals surface area contributed by atoms with Crippen LogP contribution in [0.15, 0.2) is 10.9 Å². The van der Waals surface area contributed by atoms with E-state index in [0.717, 1.165) is 38.0 Å². The Morgan fingerprint density at radius 2 is 2.07 bits per heavy atom. The van der Waals surface area contributed by atoms with Crippen LogP contribution in [0.5, 0.6) is 0 Å². The third-order valence-corrected chi connectivity index (χ3v) is 6.55. The van der Waals surface area contributed by atoms with E-state index in [1.807, 2.05) is 10.9 Å². The molecule has 1 N–H and O–H groups in total. The van der Waals surface area contributed by atoms with Crippen LogP contribution in [0, 0.1) is 0 Å². The van der Waals surface area contributed by atoms with Crippen molar-refractivity contribution in [1.82, 2.24) is 14.6 Å². The number of hydrogen-bond donors (Lipinski definition) is 1. The van der Waals surface area contributed by atoms with Crippen molar-refractivity contribution in [3.8, 4) is 0 Å². The second-order valence-electron chi connectivity index (χ2n) is 7.24. The van der Waals surface area contributed by atoms with E-state index < -0.39 is 16.1 Å². The van der Waals surface area contributed by atoms with Gasteiger partial charge < -0.3 is 19.3 Å². The molecule has 9 nitrogen and oxygen atoms in total. The van der Waals surface area contributed by atoms with Crippen molar-refractivity contribution in [2.75, 3.05) is 44.5 Å². The van der Waals surface area contributed by atoms with Gasteiger partial charge in [-0.15, -0.1) is 11.3 Å². The third-order valence-electron chi connectivity index (χ3n) is 5.24.